The van der Waals surface area contributed by atoms with Gasteiger partial charge in [0, 0.05) is 17.1 Å². The standard InChI is InChI=1S/C23H21N3O/c1-15-9-18(13-20(10-15)27-19-7-5-4-6-8-19)26-23-21-11-16(2)17(3)12-22(21)24-14-25-23/h4-14H,1-3H3,(H,24,25,26). The molecule has 0 aliphatic rings. The molecule has 0 bridgehead atoms. The minimum atomic E-state index is 0.786. The average Bonchev–Trinajstić information content (AvgIpc) is 2.64. The summed E-state index contributed by atoms with van der Waals surface area (Å²) in [6.45, 7) is 6.25. The number of rotatable bonds is 4. The van der Waals surface area contributed by atoms with Gasteiger partial charge in [-0.1, -0.05) is 18.2 Å². The zero-order chi connectivity index (χ0) is 18.8. The predicted molar refractivity (Wildman–Crippen MR) is 110 cm³/mol. The van der Waals surface area contributed by atoms with E-state index in [1.165, 1.54) is 11.1 Å². The van der Waals surface area contributed by atoms with Crippen LogP contribution in [0.5, 0.6) is 11.5 Å². The fourth-order valence-corrected chi connectivity index (χ4v) is 3.06. The van der Waals surface area contributed by atoms with Crippen LogP contribution in [-0.2, 0) is 0 Å². The molecule has 0 aliphatic heterocycles. The number of benzene rings is 3. The number of hydrogen-bond donors (Lipinski definition) is 1. The fraction of sp³-hybridized carbons (Fsp3) is 0.130. The summed E-state index contributed by atoms with van der Waals surface area (Å²) < 4.78 is 5.99. The third-order valence-corrected chi connectivity index (χ3v) is 4.54. The molecule has 3 aromatic carbocycles. The molecule has 4 aromatic rings. The number of aryl methyl sites for hydroxylation is 3. The highest BCUT2D eigenvalue weighted by Gasteiger charge is 2.08. The Morgan fingerprint density at radius 1 is 0.778 bits per heavy atom. The van der Waals surface area contributed by atoms with Gasteiger partial charge in [-0.2, -0.15) is 0 Å². The molecule has 134 valence electrons. The maximum absolute atomic E-state index is 5.99. The number of ether oxygens (including phenoxy) is 1. The van der Waals surface area contributed by atoms with Crippen LogP contribution >= 0.6 is 0 Å². The first-order valence-electron chi connectivity index (χ1n) is 8.92. The van der Waals surface area contributed by atoms with Gasteiger partial charge >= 0.3 is 0 Å². The lowest BCUT2D eigenvalue weighted by Gasteiger charge is -2.13. The van der Waals surface area contributed by atoms with Crippen LogP contribution in [0.25, 0.3) is 10.9 Å². The smallest absolute Gasteiger partial charge is 0.141 e. The summed E-state index contributed by atoms with van der Waals surface area (Å²) in [4.78, 5) is 8.85. The quantitative estimate of drug-likeness (QED) is 0.481. The summed E-state index contributed by atoms with van der Waals surface area (Å²) in [5.41, 5.74) is 5.42. The van der Waals surface area contributed by atoms with E-state index in [9.17, 15) is 0 Å². The Labute approximate surface area is 158 Å². The van der Waals surface area contributed by atoms with Crippen LogP contribution < -0.4 is 10.1 Å². The van der Waals surface area contributed by atoms with Crippen molar-refractivity contribution in [3.8, 4) is 11.5 Å². The van der Waals surface area contributed by atoms with Gasteiger partial charge in [-0.15, -0.1) is 0 Å². The third-order valence-electron chi connectivity index (χ3n) is 4.54. The van der Waals surface area contributed by atoms with Gasteiger partial charge in [0.05, 0.1) is 5.52 Å². The van der Waals surface area contributed by atoms with Gasteiger partial charge in [-0.05, 0) is 73.9 Å². The highest BCUT2D eigenvalue weighted by atomic mass is 16.5. The normalized spacial score (nSPS) is 10.8. The first-order chi connectivity index (χ1) is 13.1. The van der Waals surface area contributed by atoms with Gasteiger partial charge in [-0.3, -0.25) is 0 Å². The van der Waals surface area contributed by atoms with Crippen molar-refractivity contribution in [3.63, 3.8) is 0 Å². The Kier molecular flexibility index (Phi) is 4.47. The summed E-state index contributed by atoms with van der Waals surface area (Å²) >= 11 is 0. The van der Waals surface area contributed by atoms with E-state index in [1.54, 1.807) is 6.33 Å². The third kappa shape index (κ3) is 3.75. The van der Waals surface area contributed by atoms with E-state index in [0.29, 0.717) is 0 Å². The van der Waals surface area contributed by atoms with Crippen molar-refractivity contribution in [3.05, 3.63) is 83.7 Å². The SMILES string of the molecule is Cc1cc(Nc2ncnc3cc(C)c(C)cc23)cc(Oc2ccccc2)c1. The van der Waals surface area contributed by atoms with E-state index >= 15 is 0 Å². The minimum absolute atomic E-state index is 0.786. The number of para-hydroxylation sites is 1. The number of nitrogens with one attached hydrogen (secondary N) is 1. The molecule has 4 nitrogen and oxygen atoms in total. The zero-order valence-electron chi connectivity index (χ0n) is 15.7. The first kappa shape index (κ1) is 17.0. The van der Waals surface area contributed by atoms with Crippen LogP contribution in [0.2, 0.25) is 0 Å². The van der Waals surface area contributed by atoms with Crippen molar-refractivity contribution < 1.29 is 4.74 Å². The number of fused-ring (bicyclic) bond motifs is 1. The molecule has 0 aliphatic carbocycles. The van der Waals surface area contributed by atoms with Crippen molar-refractivity contribution >= 4 is 22.4 Å². The van der Waals surface area contributed by atoms with Crippen molar-refractivity contribution in [2.24, 2.45) is 0 Å². The second-order valence-corrected chi connectivity index (χ2v) is 6.75. The van der Waals surface area contributed by atoms with Gasteiger partial charge < -0.3 is 10.1 Å². The Morgan fingerprint density at radius 2 is 1.56 bits per heavy atom. The molecule has 27 heavy (non-hydrogen) atoms. The lowest BCUT2D eigenvalue weighted by molar-refractivity contribution is 0.482. The Bertz CT molecular complexity index is 1110. The highest BCUT2D eigenvalue weighted by Crippen LogP contribution is 2.30. The molecule has 0 fully saturated rings. The molecule has 0 amide bonds. The summed E-state index contributed by atoms with van der Waals surface area (Å²) in [5.74, 6) is 2.39. The Morgan fingerprint density at radius 3 is 2.37 bits per heavy atom. The average molecular weight is 355 g/mol. The number of nitrogens with zero attached hydrogens (tertiary/aromatic N) is 2. The summed E-state index contributed by atoms with van der Waals surface area (Å²) in [6.07, 6.45) is 1.59. The molecule has 0 radical (unpaired) electrons. The second kappa shape index (κ2) is 7.08. The molecule has 0 unspecified atom stereocenters. The highest BCUT2D eigenvalue weighted by molar-refractivity contribution is 5.91. The number of aromatic nitrogens is 2. The molecule has 1 aromatic heterocycles. The molecule has 1 heterocycles. The molecule has 0 atom stereocenters. The number of hydrogen-bond acceptors (Lipinski definition) is 4. The monoisotopic (exact) mass is 355 g/mol. The summed E-state index contributed by atoms with van der Waals surface area (Å²) in [6, 6.07) is 20.1. The van der Waals surface area contributed by atoms with E-state index in [4.69, 9.17) is 4.74 Å². The van der Waals surface area contributed by atoms with Crippen LogP contribution in [0.3, 0.4) is 0 Å². The van der Waals surface area contributed by atoms with Gasteiger partial charge in [0.25, 0.3) is 0 Å². The van der Waals surface area contributed by atoms with E-state index < -0.39 is 0 Å². The van der Waals surface area contributed by atoms with E-state index in [1.807, 2.05) is 42.5 Å². The lowest BCUT2D eigenvalue weighted by Crippen LogP contribution is -1.98. The minimum Gasteiger partial charge on any atom is -0.457 e. The Hall–Kier alpha value is -3.40. The molecule has 0 spiro atoms. The van der Waals surface area contributed by atoms with Crippen LogP contribution in [0, 0.1) is 20.8 Å². The summed E-state index contributed by atoms with van der Waals surface area (Å²) in [7, 11) is 0. The molecule has 0 saturated heterocycles. The zero-order valence-corrected chi connectivity index (χ0v) is 15.7. The molecule has 1 N–H and O–H groups in total. The molecule has 0 saturated carbocycles. The van der Waals surface area contributed by atoms with Crippen molar-refractivity contribution in [2.75, 3.05) is 5.32 Å². The second-order valence-electron chi connectivity index (χ2n) is 6.75. The summed E-state index contributed by atoms with van der Waals surface area (Å²) in [5, 5.41) is 4.44. The van der Waals surface area contributed by atoms with Gasteiger partial charge in [0.15, 0.2) is 0 Å². The van der Waals surface area contributed by atoms with Crippen molar-refractivity contribution in [2.45, 2.75) is 20.8 Å². The predicted octanol–water partition coefficient (Wildman–Crippen LogP) is 6.09. The van der Waals surface area contributed by atoms with Crippen molar-refractivity contribution in [1.82, 2.24) is 9.97 Å². The maximum Gasteiger partial charge on any atom is 0.141 e. The first-order valence-corrected chi connectivity index (χ1v) is 8.92. The van der Waals surface area contributed by atoms with E-state index in [-0.39, 0.29) is 0 Å². The topological polar surface area (TPSA) is 47.0 Å². The Balaban J connectivity index is 1.69. The lowest BCUT2D eigenvalue weighted by atomic mass is 10.1. The van der Waals surface area contributed by atoms with Crippen LogP contribution in [0.15, 0.2) is 67.0 Å². The van der Waals surface area contributed by atoms with E-state index in [0.717, 1.165) is 39.5 Å². The van der Waals surface area contributed by atoms with E-state index in [2.05, 4.69) is 54.3 Å². The van der Waals surface area contributed by atoms with Crippen LogP contribution in [-0.4, -0.2) is 9.97 Å². The van der Waals surface area contributed by atoms with Gasteiger partial charge in [-0.25, -0.2) is 9.97 Å². The number of anilines is 2. The van der Waals surface area contributed by atoms with Crippen LogP contribution in [0.4, 0.5) is 11.5 Å². The fourth-order valence-electron chi connectivity index (χ4n) is 3.06. The molecule has 4 rings (SSSR count). The molecular formula is C23H21N3O. The van der Waals surface area contributed by atoms with Gasteiger partial charge in [0.2, 0.25) is 0 Å². The maximum atomic E-state index is 5.99. The molecular weight excluding hydrogens is 334 g/mol. The van der Waals surface area contributed by atoms with Crippen LogP contribution in [0.1, 0.15) is 16.7 Å². The largest absolute Gasteiger partial charge is 0.457 e. The van der Waals surface area contributed by atoms with Crippen molar-refractivity contribution in [1.29, 1.82) is 0 Å². The molecule has 4 heteroatoms. The van der Waals surface area contributed by atoms with Gasteiger partial charge in [0.1, 0.15) is 23.6 Å².